The van der Waals surface area contributed by atoms with Crippen LogP contribution in [0.25, 0.3) is 0 Å². The van der Waals surface area contributed by atoms with Crippen molar-refractivity contribution in [2.75, 3.05) is 31.8 Å². The maximum atomic E-state index is 13.2. The molecule has 0 bridgehead atoms. The van der Waals surface area contributed by atoms with Crippen LogP contribution >= 0.6 is 0 Å². The van der Waals surface area contributed by atoms with Crippen molar-refractivity contribution in [1.82, 2.24) is 15.3 Å². The van der Waals surface area contributed by atoms with Crippen molar-refractivity contribution < 1.29 is 42.1 Å². The molecule has 1 atom stereocenters. The van der Waals surface area contributed by atoms with Gasteiger partial charge in [-0.3, -0.25) is 14.6 Å². The fraction of sp³-hybridized carbons (Fsp3) is 0.259. The van der Waals surface area contributed by atoms with Crippen LogP contribution in [0, 0.1) is 11.8 Å². The normalized spacial score (nSPS) is 17.8. The maximum Gasteiger partial charge on any atom is 0.433 e. The van der Waals surface area contributed by atoms with Crippen LogP contribution in [0.3, 0.4) is 0 Å². The molecular weight excluding hydrogens is 533 g/mol. The Kier molecular flexibility index (Phi) is 7.05. The molecule has 206 valence electrons. The van der Waals surface area contributed by atoms with Gasteiger partial charge in [0.2, 0.25) is 0 Å². The summed E-state index contributed by atoms with van der Waals surface area (Å²) in [5.74, 6) is 5.04. The Morgan fingerprint density at radius 3 is 2.65 bits per heavy atom. The van der Waals surface area contributed by atoms with E-state index in [-0.39, 0.29) is 37.0 Å². The molecule has 2 aliphatic rings. The molecule has 13 heteroatoms. The zero-order chi connectivity index (χ0) is 28.5. The number of alkyl halides is 3. The highest BCUT2D eigenvalue weighted by Gasteiger charge is 2.34. The van der Waals surface area contributed by atoms with E-state index < -0.39 is 35.3 Å². The van der Waals surface area contributed by atoms with Gasteiger partial charge < -0.3 is 29.5 Å². The second kappa shape index (κ2) is 10.5. The molecular formula is C27H21F3N4O6. The number of likely N-dealkylation sites (N-methyl/N-ethyl adjacent to an activating group) is 1. The first-order valence-corrected chi connectivity index (χ1v) is 11.9. The van der Waals surface area contributed by atoms with Gasteiger partial charge >= 0.3 is 6.18 Å². The predicted molar refractivity (Wildman–Crippen MR) is 133 cm³/mol. The molecule has 0 spiro atoms. The summed E-state index contributed by atoms with van der Waals surface area (Å²) in [6.07, 6.45) is -2.39. The van der Waals surface area contributed by atoms with E-state index in [1.165, 1.54) is 30.3 Å². The van der Waals surface area contributed by atoms with E-state index in [1.54, 1.807) is 18.2 Å². The number of fused-ring (bicyclic) bond motifs is 1. The molecule has 2 amide bonds. The number of ether oxygens (including phenoxy) is 3. The average Bonchev–Trinajstić information content (AvgIpc) is 3.03. The Balaban J connectivity index is 1.26. The van der Waals surface area contributed by atoms with Gasteiger partial charge in [-0.2, -0.15) is 13.2 Å². The van der Waals surface area contributed by atoms with Crippen LogP contribution in [0.5, 0.6) is 17.2 Å². The molecule has 10 nitrogen and oxygen atoms in total. The zero-order valence-electron chi connectivity index (χ0n) is 20.9. The number of pyridine rings is 2. The molecule has 2 aromatic heterocycles. The highest BCUT2D eigenvalue weighted by molar-refractivity contribution is 6.03. The summed E-state index contributed by atoms with van der Waals surface area (Å²) < 4.78 is 54.5. The SMILES string of the molecule is CN1C(=O)[C@@H](NC(=O)c2cc(Oc3ccc(C(F)(F)F)nc3)ccn2)COc2ccc(C#CC3(O)COC3)cc21. The first kappa shape index (κ1) is 26.9. The van der Waals surface area contributed by atoms with E-state index >= 15 is 0 Å². The standard InChI is InChI=1S/C27H21F3N4O6/c1-34-21-10-16(6-8-26(37)14-38-15-26)2-4-22(21)39-13-20(25(34)36)33-24(35)19-11-17(7-9-31-19)40-18-3-5-23(32-12-18)27(28,29)30/h2-5,7,9-12,20,37H,13-15H2,1H3,(H,33,35)/t20-/m0/s1. The van der Waals surface area contributed by atoms with Crippen LogP contribution < -0.4 is 19.7 Å². The van der Waals surface area contributed by atoms with Gasteiger partial charge in [0.15, 0.2) is 5.60 Å². The van der Waals surface area contributed by atoms with Gasteiger partial charge in [0.05, 0.1) is 25.1 Å². The first-order valence-electron chi connectivity index (χ1n) is 11.9. The molecule has 40 heavy (non-hydrogen) atoms. The third-order valence-corrected chi connectivity index (χ3v) is 6.01. The third kappa shape index (κ3) is 5.83. The number of rotatable bonds is 4. The summed E-state index contributed by atoms with van der Waals surface area (Å²) in [5.41, 5.74) is -1.36. The summed E-state index contributed by atoms with van der Waals surface area (Å²) in [5, 5.41) is 12.7. The first-order chi connectivity index (χ1) is 19.0. The highest BCUT2D eigenvalue weighted by atomic mass is 19.4. The van der Waals surface area contributed by atoms with E-state index in [9.17, 15) is 27.9 Å². The average molecular weight is 554 g/mol. The number of benzene rings is 1. The summed E-state index contributed by atoms with van der Waals surface area (Å²) in [6.45, 7) is 0.103. The second-order valence-electron chi connectivity index (χ2n) is 9.05. The second-order valence-corrected chi connectivity index (χ2v) is 9.05. The maximum absolute atomic E-state index is 13.2. The fourth-order valence-electron chi connectivity index (χ4n) is 3.81. The Hall–Kier alpha value is -4.67. The number of anilines is 1. The third-order valence-electron chi connectivity index (χ3n) is 6.01. The van der Waals surface area contributed by atoms with Crippen molar-refractivity contribution in [2.45, 2.75) is 17.8 Å². The summed E-state index contributed by atoms with van der Waals surface area (Å²) >= 11 is 0. The van der Waals surface area contributed by atoms with Crippen molar-refractivity contribution in [3.05, 3.63) is 71.8 Å². The number of nitrogens with zero attached hydrogens (tertiary/aromatic N) is 3. The quantitative estimate of drug-likeness (QED) is 0.472. The molecule has 1 saturated heterocycles. The van der Waals surface area contributed by atoms with Gasteiger partial charge in [-0.1, -0.05) is 11.8 Å². The Bertz CT molecular complexity index is 1510. The monoisotopic (exact) mass is 554 g/mol. The van der Waals surface area contributed by atoms with Crippen LogP contribution in [-0.4, -0.2) is 65.4 Å². The molecule has 3 aromatic rings. The van der Waals surface area contributed by atoms with Crippen molar-refractivity contribution in [2.24, 2.45) is 0 Å². The smallest absolute Gasteiger partial charge is 0.433 e. The van der Waals surface area contributed by atoms with E-state index in [1.807, 2.05) is 0 Å². The van der Waals surface area contributed by atoms with Gasteiger partial charge in [0, 0.05) is 24.9 Å². The lowest BCUT2D eigenvalue weighted by atomic mass is 10.0. The van der Waals surface area contributed by atoms with Gasteiger partial charge in [-0.05, 0) is 36.4 Å². The largest absolute Gasteiger partial charge is 0.489 e. The Morgan fingerprint density at radius 1 is 1.18 bits per heavy atom. The van der Waals surface area contributed by atoms with E-state index in [2.05, 4.69) is 27.1 Å². The summed E-state index contributed by atoms with van der Waals surface area (Å²) in [6, 6.07) is 8.49. The minimum absolute atomic E-state index is 0.0246. The molecule has 1 aromatic carbocycles. The molecule has 0 radical (unpaired) electrons. The zero-order valence-corrected chi connectivity index (χ0v) is 20.9. The van der Waals surface area contributed by atoms with Crippen molar-refractivity contribution in [3.63, 3.8) is 0 Å². The van der Waals surface area contributed by atoms with Gasteiger partial charge in [0.25, 0.3) is 11.8 Å². The molecule has 1 fully saturated rings. The van der Waals surface area contributed by atoms with Gasteiger partial charge in [0.1, 0.15) is 41.3 Å². The van der Waals surface area contributed by atoms with E-state index in [0.717, 1.165) is 18.3 Å². The fourth-order valence-corrected chi connectivity index (χ4v) is 3.81. The lowest BCUT2D eigenvalue weighted by Gasteiger charge is -2.30. The van der Waals surface area contributed by atoms with Crippen molar-refractivity contribution in [3.8, 4) is 29.1 Å². The number of aliphatic hydroxyl groups is 1. The Labute approximate surface area is 225 Å². The molecule has 5 rings (SSSR count). The number of amides is 2. The molecule has 0 unspecified atom stereocenters. The van der Waals surface area contributed by atoms with Crippen molar-refractivity contribution in [1.29, 1.82) is 0 Å². The highest BCUT2D eigenvalue weighted by Crippen LogP contribution is 2.32. The number of carbonyl (C=O) groups is 2. The van der Waals surface area contributed by atoms with E-state index in [4.69, 9.17) is 14.2 Å². The van der Waals surface area contributed by atoms with Crippen LogP contribution in [0.15, 0.2) is 54.9 Å². The van der Waals surface area contributed by atoms with Gasteiger partial charge in [-0.25, -0.2) is 4.98 Å². The van der Waals surface area contributed by atoms with Crippen LogP contribution in [-0.2, 0) is 15.7 Å². The number of nitrogens with one attached hydrogen (secondary N) is 1. The predicted octanol–water partition coefficient (Wildman–Crippen LogP) is 2.55. The number of hydrogen-bond acceptors (Lipinski definition) is 8. The summed E-state index contributed by atoms with van der Waals surface area (Å²) in [4.78, 5) is 34.8. The number of hydrogen-bond donors (Lipinski definition) is 2. The summed E-state index contributed by atoms with van der Waals surface area (Å²) in [7, 11) is 1.53. The topological polar surface area (TPSA) is 123 Å². The number of halogens is 3. The molecule has 2 aliphatic heterocycles. The Morgan fingerprint density at radius 2 is 1.98 bits per heavy atom. The number of carbonyl (C=O) groups excluding carboxylic acids is 2. The lowest BCUT2D eigenvalue weighted by molar-refractivity contribution is -0.141. The molecule has 0 aliphatic carbocycles. The minimum Gasteiger partial charge on any atom is -0.489 e. The molecule has 0 saturated carbocycles. The molecule has 2 N–H and O–H groups in total. The van der Waals surface area contributed by atoms with Crippen LogP contribution in [0.1, 0.15) is 21.7 Å². The van der Waals surface area contributed by atoms with Crippen molar-refractivity contribution >= 4 is 17.5 Å². The van der Waals surface area contributed by atoms with Gasteiger partial charge in [-0.15, -0.1) is 0 Å². The van der Waals surface area contributed by atoms with Crippen LogP contribution in [0.2, 0.25) is 0 Å². The lowest BCUT2D eigenvalue weighted by Crippen LogP contribution is -2.49. The minimum atomic E-state index is -4.58. The van der Waals surface area contributed by atoms with Crippen LogP contribution in [0.4, 0.5) is 18.9 Å². The number of aromatic nitrogens is 2. The molecule has 4 heterocycles. The van der Waals surface area contributed by atoms with E-state index in [0.29, 0.717) is 17.0 Å².